The Kier molecular flexibility index (Phi) is 6.68. The number of aromatic nitrogens is 3. The fraction of sp³-hybridized carbons (Fsp3) is 0.242. The largest absolute Gasteiger partial charge is 0.497 e. The van der Waals surface area contributed by atoms with E-state index >= 15 is 0 Å². The van der Waals surface area contributed by atoms with Crippen LogP contribution in [-0.4, -0.2) is 53.5 Å². The Morgan fingerprint density at radius 3 is 2.56 bits per heavy atom. The summed E-state index contributed by atoms with van der Waals surface area (Å²) in [5.41, 5.74) is 8.60. The van der Waals surface area contributed by atoms with Crippen LogP contribution < -0.4 is 14.8 Å². The molecule has 41 heavy (non-hydrogen) atoms. The maximum absolute atomic E-state index is 14.3. The first-order valence-corrected chi connectivity index (χ1v) is 14.0. The molecule has 7 rings (SSSR count). The van der Waals surface area contributed by atoms with Crippen LogP contribution in [0.5, 0.6) is 11.5 Å². The molecule has 0 aliphatic carbocycles. The molecular formula is C33H30FN5O2. The van der Waals surface area contributed by atoms with Gasteiger partial charge in [-0.15, -0.1) is 0 Å². The number of H-pyrrole nitrogens is 1. The Labute approximate surface area is 237 Å². The van der Waals surface area contributed by atoms with Crippen LogP contribution in [-0.2, 0) is 6.42 Å². The second-order valence-electron chi connectivity index (χ2n) is 10.5. The van der Waals surface area contributed by atoms with Crippen LogP contribution >= 0.6 is 0 Å². The molecule has 7 nitrogen and oxygen atoms in total. The van der Waals surface area contributed by atoms with E-state index in [-0.39, 0.29) is 11.9 Å². The number of benzene rings is 2. The number of fused-ring (bicyclic) bond motifs is 2. The number of nitrogens with zero attached hydrogens (tertiary/aromatic N) is 3. The zero-order valence-corrected chi connectivity index (χ0v) is 22.8. The molecule has 1 fully saturated rings. The molecule has 1 saturated heterocycles. The predicted molar refractivity (Wildman–Crippen MR) is 158 cm³/mol. The van der Waals surface area contributed by atoms with E-state index in [1.165, 1.54) is 24.8 Å². The zero-order valence-electron chi connectivity index (χ0n) is 22.8. The quantitative estimate of drug-likeness (QED) is 0.274. The lowest BCUT2D eigenvalue weighted by molar-refractivity contribution is 0.162. The molecule has 2 aliphatic rings. The van der Waals surface area contributed by atoms with Crippen molar-refractivity contribution in [3.8, 4) is 33.8 Å². The van der Waals surface area contributed by atoms with Gasteiger partial charge in [0.1, 0.15) is 23.4 Å². The molecule has 8 heteroatoms. The van der Waals surface area contributed by atoms with Gasteiger partial charge in [-0.3, -0.25) is 15.0 Å². The average molecular weight is 548 g/mol. The first kappa shape index (κ1) is 25.4. The lowest BCUT2D eigenvalue weighted by atomic mass is 9.92. The minimum atomic E-state index is -0.357. The van der Waals surface area contributed by atoms with Gasteiger partial charge in [0.15, 0.2) is 0 Å². The summed E-state index contributed by atoms with van der Waals surface area (Å²) in [6.45, 7) is 2.67. The smallest absolute Gasteiger partial charge is 0.138 e. The Bertz CT molecular complexity index is 1770. The summed E-state index contributed by atoms with van der Waals surface area (Å²) in [6, 6.07) is 15.4. The first-order valence-electron chi connectivity index (χ1n) is 14.0. The highest BCUT2D eigenvalue weighted by molar-refractivity contribution is 6.16. The minimum Gasteiger partial charge on any atom is -0.497 e. The van der Waals surface area contributed by atoms with Gasteiger partial charge in [-0.1, -0.05) is 12.1 Å². The lowest BCUT2D eigenvalue weighted by Gasteiger charge is -2.24. The molecule has 0 radical (unpaired) electrons. The fourth-order valence-electron chi connectivity index (χ4n) is 5.79. The molecule has 0 saturated carbocycles. The van der Waals surface area contributed by atoms with Crippen LogP contribution in [0, 0.1) is 5.82 Å². The number of methoxy groups -OCH3 is 1. The third-order valence-corrected chi connectivity index (χ3v) is 7.87. The first-order chi connectivity index (χ1) is 20.1. The summed E-state index contributed by atoms with van der Waals surface area (Å²) < 4.78 is 25.9. The van der Waals surface area contributed by atoms with Gasteiger partial charge in [-0.2, -0.15) is 0 Å². The van der Waals surface area contributed by atoms with Crippen molar-refractivity contribution in [3.05, 3.63) is 96.0 Å². The number of hydrogen-bond acceptors (Lipinski definition) is 6. The Hall–Kier alpha value is -4.56. The number of rotatable bonds is 6. The summed E-state index contributed by atoms with van der Waals surface area (Å²) in [7, 11) is 1.53. The van der Waals surface area contributed by atoms with Crippen molar-refractivity contribution in [1.29, 1.82) is 0 Å². The van der Waals surface area contributed by atoms with E-state index in [1.54, 1.807) is 18.6 Å². The number of halogens is 1. The third kappa shape index (κ3) is 5.07. The lowest BCUT2D eigenvalue weighted by Crippen LogP contribution is -2.34. The summed E-state index contributed by atoms with van der Waals surface area (Å²) in [5, 5.41) is 4.32. The maximum Gasteiger partial charge on any atom is 0.138 e. The van der Waals surface area contributed by atoms with Gasteiger partial charge < -0.3 is 19.8 Å². The van der Waals surface area contributed by atoms with Gasteiger partial charge in [-0.05, 0) is 79.4 Å². The molecule has 2 aliphatic heterocycles. The van der Waals surface area contributed by atoms with E-state index < -0.39 is 0 Å². The van der Waals surface area contributed by atoms with Crippen molar-refractivity contribution in [2.24, 2.45) is 4.99 Å². The van der Waals surface area contributed by atoms with Gasteiger partial charge in [0, 0.05) is 47.1 Å². The van der Waals surface area contributed by atoms with Crippen molar-refractivity contribution in [2.75, 3.05) is 26.7 Å². The number of ether oxygens (including phenoxy) is 2. The second kappa shape index (κ2) is 10.8. The molecule has 5 aromatic rings. The van der Waals surface area contributed by atoms with E-state index in [2.05, 4.69) is 50.6 Å². The maximum atomic E-state index is 14.3. The molecule has 0 atom stereocenters. The molecule has 0 spiro atoms. The number of aromatic amines is 1. The molecular weight excluding hydrogens is 517 g/mol. The molecule has 0 unspecified atom stereocenters. The summed E-state index contributed by atoms with van der Waals surface area (Å²) >= 11 is 0. The summed E-state index contributed by atoms with van der Waals surface area (Å²) in [6.07, 6.45) is 10.3. The SMILES string of the molecule is COc1cc(F)cc(-c2cncc3[nH]c(C4=NCCc5ccc(-c6cncc(OC7CCNCC7)c6)cc54)cc23)c1. The van der Waals surface area contributed by atoms with E-state index in [0.29, 0.717) is 17.9 Å². The Balaban J connectivity index is 1.24. The van der Waals surface area contributed by atoms with Crippen LogP contribution in [0.15, 0.2) is 78.3 Å². The predicted octanol–water partition coefficient (Wildman–Crippen LogP) is 5.96. The van der Waals surface area contributed by atoms with Crippen LogP contribution in [0.4, 0.5) is 4.39 Å². The van der Waals surface area contributed by atoms with Crippen LogP contribution in [0.3, 0.4) is 0 Å². The molecule has 2 aromatic carbocycles. The van der Waals surface area contributed by atoms with E-state index in [0.717, 1.165) is 82.7 Å². The molecule has 3 aromatic heterocycles. The number of nitrogens with one attached hydrogen (secondary N) is 2. The fourth-order valence-corrected chi connectivity index (χ4v) is 5.79. The normalized spacial score (nSPS) is 15.4. The van der Waals surface area contributed by atoms with Gasteiger partial charge >= 0.3 is 0 Å². The number of hydrogen-bond donors (Lipinski definition) is 2. The van der Waals surface area contributed by atoms with Gasteiger partial charge in [0.05, 0.1) is 36.4 Å². The Morgan fingerprint density at radius 1 is 0.829 bits per heavy atom. The standard InChI is InChI=1S/C33H30FN5O2/c1-40-26-11-22(10-24(34)14-26)30-18-37-19-32-29(30)15-31(39-32)33-28-13-21(3-2-20(28)4-9-38-33)23-12-27(17-36-16-23)41-25-5-7-35-8-6-25/h2-3,10-19,25,35,39H,4-9H2,1H3. The Morgan fingerprint density at radius 2 is 1.68 bits per heavy atom. The number of pyridine rings is 2. The van der Waals surface area contributed by atoms with Crippen LogP contribution in [0.1, 0.15) is 29.7 Å². The molecule has 2 N–H and O–H groups in total. The third-order valence-electron chi connectivity index (χ3n) is 7.87. The van der Waals surface area contributed by atoms with Crippen molar-refractivity contribution in [2.45, 2.75) is 25.4 Å². The van der Waals surface area contributed by atoms with E-state index in [4.69, 9.17) is 14.5 Å². The minimum absolute atomic E-state index is 0.213. The average Bonchev–Trinajstić information content (AvgIpc) is 3.45. The van der Waals surface area contributed by atoms with Crippen LogP contribution in [0.25, 0.3) is 33.2 Å². The van der Waals surface area contributed by atoms with Crippen LogP contribution in [0.2, 0.25) is 0 Å². The second-order valence-corrected chi connectivity index (χ2v) is 10.5. The molecule has 206 valence electrons. The summed E-state index contributed by atoms with van der Waals surface area (Å²) in [5.74, 6) is 0.904. The highest BCUT2D eigenvalue weighted by Gasteiger charge is 2.21. The van der Waals surface area contributed by atoms with Gasteiger partial charge in [-0.25, -0.2) is 4.39 Å². The number of piperidine rings is 1. The monoisotopic (exact) mass is 547 g/mol. The van der Waals surface area contributed by atoms with Crippen molar-refractivity contribution >= 4 is 16.6 Å². The van der Waals surface area contributed by atoms with E-state index in [9.17, 15) is 4.39 Å². The molecule has 0 amide bonds. The van der Waals surface area contributed by atoms with Gasteiger partial charge in [0.25, 0.3) is 0 Å². The molecule has 0 bridgehead atoms. The highest BCUT2D eigenvalue weighted by atomic mass is 19.1. The van der Waals surface area contributed by atoms with Crippen molar-refractivity contribution in [3.63, 3.8) is 0 Å². The highest BCUT2D eigenvalue weighted by Crippen LogP contribution is 2.34. The number of aliphatic imine (C=N–C) groups is 1. The zero-order chi connectivity index (χ0) is 27.8. The van der Waals surface area contributed by atoms with Crippen molar-refractivity contribution in [1.82, 2.24) is 20.3 Å². The summed E-state index contributed by atoms with van der Waals surface area (Å²) in [4.78, 5) is 17.4. The van der Waals surface area contributed by atoms with E-state index in [1.807, 2.05) is 12.3 Å². The van der Waals surface area contributed by atoms with Gasteiger partial charge in [0.2, 0.25) is 0 Å². The molecule has 5 heterocycles. The van der Waals surface area contributed by atoms with Crippen molar-refractivity contribution < 1.29 is 13.9 Å². The topological polar surface area (TPSA) is 84.4 Å².